The third-order valence-electron chi connectivity index (χ3n) is 7.56. The smallest absolute Gasteiger partial charge is 0.247 e. The molecule has 0 aromatic heterocycles. The van der Waals surface area contributed by atoms with Gasteiger partial charge >= 0.3 is 0 Å². The minimum Gasteiger partial charge on any atom is -0.339 e. The molecular weight excluding hydrogens is 430 g/mol. The monoisotopic (exact) mass is 469 g/mol. The number of hydrogen-bond donors (Lipinski definition) is 1. The summed E-state index contributed by atoms with van der Waals surface area (Å²) < 4.78 is 0. The first-order valence-corrected chi connectivity index (χ1v) is 12.9. The average Bonchev–Trinajstić information content (AvgIpc) is 3.19. The fraction of sp³-hybridized carbons (Fsp3) is 0.654. The van der Waals surface area contributed by atoms with Crippen molar-refractivity contribution in [1.82, 2.24) is 20.1 Å². The van der Waals surface area contributed by atoms with Gasteiger partial charge in [-0.25, -0.2) is 10.4 Å². The SMILES string of the molecule is CCCC(CCC)C(=O)N1CCN(C(=O)C2CN(C)CC3C(=O)N(c4ccccc4)NC23)CC1. The molecule has 3 atom stereocenters. The van der Waals surface area contributed by atoms with Crippen LogP contribution in [0.1, 0.15) is 39.5 Å². The van der Waals surface area contributed by atoms with Crippen LogP contribution in [0.25, 0.3) is 0 Å². The number of carbonyl (C=O) groups excluding carboxylic acids is 3. The van der Waals surface area contributed by atoms with Crippen LogP contribution < -0.4 is 10.4 Å². The number of piperidine rings is 1. The predicted molar refractivity (Wildman–Crippen MR) is 132 cm³/mol. The number of nitrogens with one attached hydrogen (secondary N) is 1. The summed E-state index contributed by atoms with van der Waals surface area (Å²) in [7, 11) is 1.98. The van der Waals surface area contributed by atoms with Crippen LogP contribution in [0.5, 0.6) is 0 Å². The first kappa shape index (κ1) is 24.7. The third-order valence-corrected chi connectivity index (χ3v) is 7.56. The van der Waals surface area contributed by atoms with Crippen LogP contribution in [0.3, 0.4) is 0 Å². The van der Waals surface area contributed by atoms with Crippen LogP contribution in [-0.2, 0) is 14.4 Å². The van der Waals surface area contributed by atoms with E-state index >= 15 is 0 Å². The molecule has 1 N–H and O–H groups in total. The lowest BCUT2D eigenvalue weighted by Gasteiger charge is -2.42. The standard InChI is InChI=1S/C26H39N5O3/c1-4-9-19(10-5-2)24(32)29-13-15-30(16-14-29)25(33)21-17-28(3)18-22-23(21)27-31(26(22)34)20-11-7-6-8-12-20/h6-8,11-12,19,21-23,27H,4-5,9-10,13-18H2,1-3H3. The van der Waals surface area contributed by atoms with E-state index in [9.17, 15) is 14.4 Å². The van der Waals surface area contributed by atoms with Crippen molar-refractivity contribution in [2.45, 2.75) is 45.6 Å². The van der Waals surface area contributed by atoms with Gasteiger partial charge in [-0.3, -0.25) is 14.4 Å². The van der Waals surface area contributed by atoms with Gasteiger partial charge in [-0.2, -0.15) is 0 Å². The summed E-state index contributed by atoms with van der Waals surface area (Å²) in [5.74, 6) is -0.0925. The minimum atomic E-state index is -0.295. The van der Waals surface area contributed by atoms with Crippen LogP contribution in [-0.4, -0.2) is 84.8 Å². The molecule has 1 aromatic rings. The molecule has 3 heterocycles. The molecule has 1 aromatic carbocycles. The van der Waals surface area contributed by atoms with Crippen molar-refractivity contribution in [2.24, 2.45) is 17.8 Å². The van der Waals surface area contributed by atoms with Crippen molar-refractivity contribution >= 4 is 23.4 Å². The highest BCUT2D eigenvalue weighted by Gasteiger charge is 2.51. The fourth-order valence-corrected chi connectivity index (χ4v) is 5.78. The Balaban J connectivity index is 1.41. The van der Waals surface area contributed by atoms with E-state index in [1.807, 2.05) is 47.2 Å². The molecule has 3 fully saturated rings. The van der Waals surface area contributed by atoms with Crippen molar-refractivity contribution in [1.29, 1.82) is 0 Å². The number of benzene rings is 1. The molecule has 34 heavy (non-hydrogen) atoms. The number of para-hydroxylation sites is 1. The van der Waals surface area contributed by atoms with E-state index < -0.39 is 0 Å². The predicted octanol–water partition coefficient (Wildman–Crippen LogP) is 1.97. The van der Waals surface area contributed by atoms with Gasteiger partial charge in [0.05, 0.1) is 23.6 Å². The third kappa shape index (κ3) is 4.98. The van der Waals surface area contributed by atoms with Crippen LogP contribution in [0.2, 0.25) is 0 Å². The zero-order valence-electron chi connectivity index (χ0n) is 20.8. The van der Waals surface area contributed by atoms with Crippen molar-refractivity contribution < 1.29 is 14.4 Å². The van der Waals surface area contributed by atoms with E-state index in [2.05, 4.69) is 24.2 Å². The summed E-state index contributed by atoms with van der Waals surface area (Å²) in [5, 5.41) is 1.62. The molecule has 8 heteroatoms. The number of anilines is 1. The van der Waals surface area contributed by atoms with Gasteiger partial charge in [0, 0.05) is 45.2 Å². The van der Waals surface area contributed by atoms with Gasteiger partial charge in [0.15, 0.2) is 0 Å². The minimum absolute atomic E-state index is 0.0221. The quantitative estimate of drug-likeness (QED) is 0.661. The number of nitrogens with zero attached hydrogens (tertiary/aromatic N) is 4. The summed E-state index contributed by atoms with van der Waals surface area (Å²) >= 11 is 0. The Morgan fingerprint density at radius 1 is 0.971 bits per heavy atom. The maximum absolute atomic E-state index is 13.6. The summed E-state index contributed by atoms with van der Waals surface area (Å²) in [4.78, 5) is 45.8. The Bertz CT molecular complexity index is 864. The summed E-state index contributed by atoms with van der Waals surface area (Å²) in [6.45, 7) is 7.82. The molecule has 0 saturated carbocycles. The molecule has 3 aliphatic heterocycles. The summed E-state index contributed by atoms with van der Waals surface area (Å²) in [6.07, 6.45) is 3.89. The summed E-state index contributed by atoms with van der Waals surface area (Å²) in [6, 6.07) is 9.34. The van der Waals surface area contributed by atoms with E-state index in [1.54, 1.807) is 5.01 Å². The Kier molecular flexibility index (Phi) is 7.88. The maximum atomic E-state index is 13.6. The number of carbonyl (C=O) groups is 3. The first-order valence-electron chi connectivity index (χ1n) is 12.9. The number of rotatable bonds is 7. The van der Waals surface area contributed by atoms with Crippen LogP contribution >= 0.6 is 0 Å². The van der Waals surface area contributed by atoms with Crippen molar-refractivity contribution in [3.63, 3.8) is 0 Å². The lowest BCUT2D eigenvalue weighted by atomic mass is 9.84. The Morgan fingerprint density at radius 2 is 1.59 bits per heavy atom. The second kappa shape index (κ2) is 10.9. The highest BCUT2D eigenvalue weighted by Crippen LogP contribution is 2.32. The number of hydrogen-bond acceptors (Lipinski definition) is 5. The van der Waals surface area contributed by atoms with Crippen molar-refractivity contribution in [2.75, 3.05) is 51.3 Å². The zero-order valence-corrected chi connectivity index (χ0v) is 20.8. The van der Waals surface area contributed by atoms with Gasteiger partial charge < -0.3 is 14.7 Å². The molecule has 186 valence electrons. The number of fused-ring (bicyclic) bond motifs is 1. The van der Waals surface area contributed by atoms with E-state index in [0.29, 0.717) is 39.3 Å². The second-order valence-electron chi connectivity index (χ2n) is 10.0. The van der Waals surface area contributed by atoms with E-state index in [4.69, 9.17) is 0 Å². The van der Waals surface area contributed by atoms with Gasteiger partial charge in [-0.05, 0) is 32.0 Å². The molecule has 3 saturated heterocycles. The molecule has 0 spiro atoms. The average molecular weight is 470 g/mol. The van der Waals surface area contributed by atoms with Crippen molar-refractivity contribution in [3.05, 3.63) is 30.3 Å². The number of amides is 3. The lowest BCUT2D eigenvalue weighted by Crippen LogP contribution is -2.59. The molecular formula is C26H39N5O3. The number of hydrazine groups is 1. The van der Waals surface area contributed by atoms with E-state index in [-0.39, 0.29) is 41.5 Å². The van der Waals surface area contributed by atoms with Gasteiger partial charge in [0.1, 0.15) is 0 Å². The Labute approximate surface area is 203 Å². The van der Waals surface area contributed by atoms with E-state index in [1.165, 1.54) is 0 Å². The molecule has 3 amide bonds. The highest BCUT2D eigenvalue weighted by molar-refractivity contribution is 5.98. The van der Waals surface area contributed by atoms with Gasteiger partial charge in [0.2, 0.25) is 17.7 Å². The van der Waals surface area contributed by atoms with Crippen LogP contribution in [0.15, 0.2) is 30.3 Å². The first-order chi connectivity index (χ1) is 16.4. The van der Waals surface area contributed by atoms with Crippen LogP contribution in [0.4, 0.5) is 5.69 Å². The highest BCUT2D eigenvalue weighted by atomic mass is 16.2. The molecule has 0 aliphatic carbocycles. The number of likely N-dealkylation sites (tertiary alicyclic amines) is 1. The molecule has 0 bridgehead atoms. The topological polar surface area (TPSA) is 76.2 Å². The Morgan fingerprint density at radius 3 is 2.21 bits per heavy atom. The molecule has 0 radical (unpaired) electrons. The molecule has 3 aliphatic rings. The van der Waals surface area contributed by atoms with Gasteiger partial charge in [-0.15, -0.1) is 0 Å². The maximum Gasteiger partial charge on any atom is 0.247 e. The van der Waals surface area contributed by atoms with Crippen LogP contribution in [0, 0.1) is 17.8 Å². The lowest BCUT2D eigenvalue weighted by molar-refractivity contribution is -0.146. The molecule has 3 unspecified atom stereocenters. The molecule has 8 nitrogen and oxygen atoms in total. The fourth-order valence-electron chi connectivity index (χ4n) is 5.78. The van der Waals surface area contributed by atoms with E-state index in [0.717, 1.165) is 31.4 Å². The van der Waals surface area contributed by atoms with Gasteiger partial charge in [-0.1, -0.05) is 44.9 Å². The van der Waals surface area contributed by atoms with Crippen molar-refractivity contribution in [3.8, 4) is 0 Å². The largest absolute Gasteiger partial charge is 0.339 e. The Hall–Kier alpha value is -2.45. The second-order valence-corrected chi connectivity index (χ2v) is 10.0. The normalized spacial score (nSPS) is 25.7. The number of piperazine rings is 1. The summed E-state index contributed by atoms with van der Waals surface area (Å²) in [5.41, 5.74) is 4.17. The van der Waals surface area contributed by atoms with Gasteiger partial charge in [0.25, 0.3) is 0 Å². The zero-order chi connectivity index (χ0) is 24.2. The molecule has 4 rings (SSSR count).